The predicted octanol–water partition coefficient (Wildman–Crippen LogP) is 4.21. The van der Waals surface area contributed by atoms with Gasteiger partial charge in [-0.05, 0) is 45.0 Å². The van der Waals surface area contributed by atoms with Gasteiger partial charge in [-0.25, -0.2) is 4.39 Å². The number of halogens is 1. The SMILES string of the molecule is Cc1cc(C(C)Nc2cccc(F)c2)c(C)o1. The van der Waals surface area contributed by atoms with Crippen LogP contribution in [0.3, 0.4) is 0 Å². The summed E-state index contributed by atoms with van der Waals surface area (Å²) in [5, 5.41) is 3.25. The Morgan fingerprint density at radius 2 is 2.00 bits per heavy atom. The first-order valence-electron chi connectivity index (χ1n) is 5.65. The number of hydrogen-bond acceptors (Lipinski definition) is 2. The molecule has 0 aliphatic carbocycles. The molecule has 0 saturated heterocycles. The Balaban J connectivity index is 2.16. The molecule has 0 aliphatic heterocycles. The van der Waals surface area contributed by atoms with Crippen molar-refractivity contribution in [3.63, 3.8) is 0 Å². The van der Waals surface area contributed by atoms with Gasteiger partial charge in [-0.2, -0.15) is 0 Å². The standard InChI is InChI=1S/C14H16FNO/c1-9-7-14(11(3)17-9)10(2)16-13-6-4-5-12(15)8-13/h4-8,10,16H,1-3H3. The third-order valence-corrected chi connectivity index (χ3v) is 2.75. The van der Waals surface area contributed by atoms with E-state index in [0.29, 0.717) is 0 Å². The zero-order valence-corrected chi connectivity index (χ0v) is 10.3. The van der Waals surface area contributed by atoms with Crippen LogP contribution in [0.5, 0.6) is 0 Å². The van der Waals surface area contributed by atoms with Gasteiger partial charge in [0.25, 0.3) is 0 Å². The van der Waals surface area contributed by atoms with Crippen molar-refractivity contribution >= 4 is 5.69 Å². The normalized spacial score (nSPS) is 12.5. The first kappa shape index (κ1) is 11.7. The van der Waals surface area contributed by atoms with E-state index in [1.807, 2.05) is 32.9 Å². The molecule has 0 radical (unpaired) electrons. The maximum Gasteiger partial charge on any atom is 0.125 e. The Morgan fingerprint density at radius 3 is 2.59 bits per heavy atom. The summed E-state index contributed by atoms with van der Waals surface area (Å²) in [6.07, 6.45) is 0. The van der Waals surface area contributed by atoms with Gasteiger partial charge in [0.1, 0.15) is 17.3 Å². The maximum absolute atomic E-state index is 13.0. The highest BCUT2D eigenvalue weighted by Gasteiger charge is 2.12. The van der Waals surface area contributed by atoms with E-state index in [-0.39, 0.29) is 11.9 Å². The molecule has 0 spiro atoms. The molecular formula is C14H16FNO. The van der Waals surface area contributed by atoms with Crippen LogP contribution in [0.2, 0.25) is 0 Å². The van der Waals surface area contributed by atoms with Gasteiger partial charge in [-0.3, -0.25) is 0 Å². The van der Waals surface area contributed by atoms with E-state index in [1.165, 1.54) is 12.1 Å². The number of hydrogen-bond donors (Lipinski definition) is 1. The fraction of sp³-hybridized carbons (Fsp3) is 0.286. The van der Waals surface area contributed by atoms with Crippen LogP contribution in [0, 0.1) is 19.7 Å². The van der Waals surface area contributed by atoms with Crippen LogP contribution in [-0.4, -0.2) is 0 Å². The molecule has 1 heterocycles. The van der Waals surface area contributed by atoms with Crippen LogP contribution in [0.15, 0.2) is 34.7 Å². The highest BCUT2D eigenvalue weighted by atomic mass is 19.1. The fourth-order valence-corrected chi connectivity index (χ4v) is 1.99. The van der Waals surface area contributed by atoms with Crippen LogP contribution in [0.1, 0.15) is 30.0 Å². The quantitative estimate of drug-likeness (QED) is 0.859. The summed E-state index contributed by atoms with van der Waals surface area (Å²) in [5.74, 6) is 1.56. The van der Waals surface area contributed by atoms with Crippen molar-refractivity contribution in [3.8, 4) is 0 Å². The van der Waals surface area contributed by atoms with Crippen molar-refractivity contribution in [1.29, 1.82) is 0 Å². The zero-order valence-electron chi connectivity index (χ0n) is 10.3. The Labute approximate surface area is 100 Å². The van der Waals surface area contributed by atoms with Crippen molar-refractivity contribution in [2.45, 2.75) is 26.8 Å². The average Bonchev–Trinajstić information content (AvgIpc) is 2.58. The van der Waals surface area contributed by atoms with Crippen molar-refractivity contribution < 1.29 is 8.81 Å². The van der Waals surface area contributed by atoms with Gasteiger partial charge in [0, 0.05) is 11.3 Å². The van der Waals surface area contributed by atoms with E-state index < -0.39 is 0 Å². The molecular weight excluding hydrogens is 217 g/mol. The van der Waals surface area contributed by atoms with Crippen molar-refractivity contribution in [1.82, 2.24) is 0 Å². The lowest BCUT2D eigenvalue weighted by Crippen LogP contribution is -2.06. The molecule has 90 valence electrons. The number of furan rings is 1. The number of anilines is 1. The molecule has 1 unspecified atom stereocenters. The Bertz CT molecular complexity index is 519. The average molecular weight is 233 g/mol. The summed E-state index contributed by atoms with van der Waals surface area (Å²) < 4.78 is 18.5. The lowest BCUT2D eigenvalue weighted by molar-refractivity contribution is 0.500. The van der Waals surface area contributed by atoms with Crippen LogP contribution >= 0.6 is 0 Å². The second-order valence-electron chi connectivity index (χ2n) is 4.24. The zero-order chi connectivity index (χ0) is 12.4. The van der Waals surface area contributed by atoms with Gasteiger partial charge in [0.15, 0.2) is 0 Å². The topological polar surface area (TPSA) is 25.2 Å². The number of rotatable bonds is 3. The summed E-state index contributed by atoms with van der Waals surface area (Å²) >= 11 is 0. The molecule has 0 amide bonds. The van der Waals surface area contributed by atoms with Gasteiger partial charge in [-0.1, -0.05) is 6.07 Å². The monoisotopic (exact) mass is 233 g/mol. The largest absolute Gasteiger partial charge is 0.466 e. The Hall–Kier alpha value is -1.77. The van der Waals surface area contributed by atoms with E-state index in [0.717, 1.165) is 22.8 Å². The van der Waals surface area contributed by atoms with E-state index in [4.69, 9.17) is 4.42 Å². The van der Waals surface area contributed by atoms with Crippen LogP contribution < -0.4 is 5.32 Å². The molecule has 17 heavy (non-hydrogen) atoms. The molecule has 0 bridgehead atoms. The molecule has 0 saturated carbocycles. The maximum atomic E-state index is 13.0. The van der Waals surface area contributed by atoms with Crippen molar-refractivity contribution in [3.05, 3.63) is 53.2 Å². The lowest BCUT2D eigenvalue weighted by atomic mass is 10.1. The van der Waals surface area contributed by atoms with Crippen LogP contribution in [-0.2, 0) is 0 Å². The van der Waals surface area contributed by atoms with E-state index in [9.17, 15) is 4.39 Å². The molecule has 2 rings (SSSR count). The highest BCUT2D eigenvalue weighted by molar-refractivity contribution is 5.45. The molecule has 2 nitrogen and oxygen atoms in total. The van der Waals surface area contributed by atoms with Gasteiger partial charge < -0.3 is 9.73 Å². The molecule has 3 heteroatoms. The molecule has 0 aliphatic rings. The predicted molar refractivity (Wildman–Crippen MR) is 66.6 cm³/mol. The van der Waals surface area contributed by atoms with Gasteiger partial charge >= 0.3 is 0 Å². The van der Waals surface area contributed by atoms with Crippen LogP contribution in [0.4, 0.5) is 10.1 Å². The smallest absolute Gasteiger partial charge is 0.125 e. The van der Waals surface area contributed by atoms with Gasteiger partial charge in [0.05, 0.1) is 6.04 Å². The Kier molecular flexibility index (Phi) is 3.18. The van der Waals surface area contributed by atoms with Crippen molar-refractivity contribution in [2.24, 2.45) is 0 Å². The minimum Gasteiger partial charge on any atom is -0.466 e. The minimum absolute atomic E-state index is 0.0919. The van der Waals surface area contributed by atoms with Crippen LogP contribution in [0.25, 0.3) is 0 Å². The molecule has 1 N–H and O–H groups in total. The number of nitrogens with one attached hydrogen (secondary N) is 1. The summed E-state index contributed by atoms with van der Waals surface area (Å²) in [7, 11) is 0. The third kappa shape index (κ3) is 2.67. The molecule has 2 aromatic rings. The molecule has 1 aromatic heterocycles. The molecule has 1 atom stereocenters. The third-order valence-electron chi connectivity index (χ3n) is 2.75. The molecule has 1 aromatic carbocycles. The highest BCUT2D eigenvalue weighted by Crippen LogP contribution is 2.24. The second kappa shape index (κ2) is 4.62. The summed E-state index contributed by atoms with van der Waals surface area (Å²) in [6.45, 7) is 5.89. The lowest BCUT2D eigenvalue weighted by Gasteiger charge is -2.14. The summed E-state index contributed by atoms with van der Waals surface area (Å²) in [4.78, 5) is 0. The fourth-order valence-electron chi connectivity index (χ4n) is 1.99. The summed E-state index contributed by atoms with van der Waals surface area (Å²) in [5.41, 5.74) is 1.88. The second-order valence-corrected chi connectivity index (χ2v) is 4.24. The van der Waals surface area contributed by atoms with E-state index >= 15 is 0 Å². The number of benzene rings is 1. The van der Waals surface area contributed by atoms with E-state index in [1.54, 1.807) is 6.07 Å². The molecule has 0 fully saturated rings. The Morgan fingerprint density at radius 1 is 1.24 bits per heavy atom. The van der Waals surface area contributed by atoms with Crippen molar-refractivity contribution in [2.75, 3.05) is 5.32 Å². The van der Waals surface area contributed by atoms with Gasteiger partial charge in [0.2, 0.25) is 0 Å². The first-order valence-corrected chi connectivity index (χ1v) is 5.65. The minimum atomic E-state index is -0.234. The van der Waals surface area contributed by atoms with E-state index in [2.05, 4.69) is 5.32 Å². The first-order chi connectivity index (χ1) is 8.06. The summed E-state index contributed by atoms with van der Waals surface area (Å²) in [6, 6.07) is 8.56. The number of aryl methyl sites for hydroxylation is 2. The van der Waals surface area contributed by atoms with Gasteiger partial charge in [-0.15, -0.1) is 0 Å².